The van der Waals surface area contributed by atoms with Crippen molar-refractivity contribution in [3.63, 3.8) is 0 Å². The molecule has 0 aliphatic carbocycles. The van der Waals surface area contributed by atoms with Crippen molar-refractivity contribution in [1.29, 1.82) is 0 Å². The highest BCUT2D eigenvalue weighted by molar-refractivity contribution is 7.89. The fraction of sp³-hybridized carbons (Fsp3) is 0.133. The zero-order valence-electron chi connectivity index (χ0n) is 12.5. The number of primary sulfonamides is 1. The molecule has 3 N–H and O–H groups in total. The number of amides is 1. The molecule has 0 spiro atoms. The van der Waals surface area contributed by atoms with Crippen LogP contribution >= 0.6 is 0 Å². The minimum atomic E-state index is -3.75. The third-order valence-electron chi connectivity index (χ3n) is 2.95. The van der Waals surface area contributed by atoms with Gasteiger partial charge in [0.25, 0.3) is 5.91 Å². The average Bonchev–Trinajstić information content (AvgIpc) is 2.58. The van der Waals surface area contributed by atoms with Gasteiger partial charge in [0, 0.05) is 12.7 Å². The standard InChI is InChI=1S/C15H15N3O5S/c16-24(21,22)12-6-4-11(5-7-12)9-18-14(19)10-23-15(20)13-3-1-2-8-17-13/h1-8H,9-10H2,(H,18,19)(H2,16,21,22). The Bertz CT molecular complexity index is 820. The molecule has 0 aliphatic heterocycles. The number of hydrogen-bond acceptors (Lipinski definition) is 6. The molecule has 2 rings (SSSR count). The molecule has 0 fully saturated rings. The van der Waals surface area contributed by atoms with E-state index in [9.17, 15) is 18.0 Å². The van der Waals surface area contributed by atoms with E-state index in [2.05, 4.69) is 10.3 Å². The number of esters is 1. The van der Waals surface area contributed by atoms with Crippen LogP contribution < -0.4 is 10.5 Å². The summed E-state index contributed by atoms with van der Waals surface area (Å²) in [5.41, 5.74) is 0.788. The molecule has 0 aliphatic rings. The molecule has 1 aromatic carbocycles. The van der Waals surface area contributed by atoms with Crippen LogP contribution in [-0.4, -0.2) is 31.9 Å². The molecule has 1 heterocycles. The Morgan fingerprint density at radius 2 is 1.83 bits per heavy atom. The van der Waals surface area contributed by atoms with Gasteiger partial charge in [-0.25, -0.2) is 23.3 Å². The predicted molar refractivity (Wildman–Crippen MR) is 84.2 cm³/mol. The molecule has 0 unspecified atom stereocenters. The minimum Gasteiger partial charge on any atom is -0.451 e. The molecule has 2 aromatic rings. The monoisotopic (exact) mass is 349 g/mol. The van der Waals surface area contributed by atoms with Crippen molar-refractivity contribution in [2.75, 3.05) is 6.61 Å². The Kier molecular flexibility index (Phi) is 5.61. The number of nitrogens with two attached hydrogens (primary N) is 1. The summed E-state index contributed by atoms with van der Waals surface area (Å²) in [6.45, 7) is -0.282. The fourth-order valence-corrected chi connectivity index (χ4v) is 2.25. The molecule has 1 aromatic heterocycles. The zero-order valence-corrected chi connectivity index (χ0v) is 13.3. The normalized spacial score (nSPS) is 10.9. The zero-order chi connectivity index (χ0) is 17.6. The van der Waals surface area contributed by atoms with Gasteiger partial charge in [-0.2, -0.15) is 0 Å². The van der Waals surface area contributed by atoms with Crippen molar-refractivity contribution in [1.82, 2.24) is 10.3 Å². The summed E-state index contributed by atoms with van der Waals surface area (Å²) in [4.78, 5) is 27.1. The highest BCUT2D eigenvalue weighted by atomic mass is 32.2. The summed E-state index contributed by atoms with van der Waals surface area (Å²) in [6.07, 6.45) is 1.45. The van der Waals surface area contributed by atoms with Crippen LogP contribution in [0.5, 0.6) is 0 Å². The number of carbonyl (C=O) groups is 2. The number of rotatable bonds is 6. The van der Waals surface area contributed by atoms with Gasteiger partial charge >= 0.3 is 5.97 Å². The molecule has 0 bridgehead atoms. The summed E-state index contributed by atoms with van der Waals surface area (Å²) < 4.78 is 27.1. The van der Waals surface area contributed by atoms with Crippen molar-refractivity contribution >= 4 is 21.9 Å². The number of nitrogens with zero attached hydrogens (tertiary/aromatic N) is 1. The highest BCUT2D eigenvalue weighted by Gasteiger charge is 2.11. The molecule has 0 saturated heterocycles. The second-order valence-electron chi connectivity index (χ2n) is 4.76. The van der Waals surface area contributed by atoms with E-state index in [0.29, 0.717) is 5.56 Å². The predicted octanol–water partition coefficient (Wildman–Crippen LogP) is 0.202. The number of sulfonamides is 1. The second kappa shape index (κ2) is 7.66. The van der Waals surface area contributed by atoms with E-state index in [1.165, 1.54) is 36.5 Å². The van der Waals surface area contributed by atoms with Gasteiger partial charge in [0.15, 0.2) is 6.61 Å². The Balaban J connectivity index is 1.80. The van der Waals surface area contributed by atoms with Crippen molar-refractivity contribution in [2.24, 2.45) is 5.14 Å². The average molecular weight is 349 g/mol. The van der Waals surface area contributed by atoms with Gasteiger partial charge in [-0.05, 0) is 29.8 Å². The van der Waals surface area contributed by atoms with Crippen molar-refractivity contribution < 1.29 is 22.7 Å². The Morgan fingerprint density at radius 1 is 1.12 bits per heavy atom. The van der Waals surface area contributed by atoms with Crippen molar-refractivity contribution in [3.05, 3.63) is 59.9 Å². The summed E-state index contributed by atoms with van der Waals surface area (Å²) >= 11 is 0. The van der Waals surface area contributed by atoms with Gasteiger partial charge in [0.2, 0.25) is 10.0 Å². The molecular formula is C15H15N3O5S. The quantitative estimate of drug-likeness (QED) is 0.717. The van der Waals surface area contributed by atoms with Crippen LogP contribution in [0.3, 0.4) is 0 Å². The lowest BCUT2D eigenvalue weighted by molar-refractivity contribution is -0.124. The lowest BCUT2D eigenvalue weighted by Crippen LogP contribution is -2.28. The van der Waals surface area contributed by atoms with E-state index in [1.807, 2.05) is 0 Å². The van der Waals surface area contributed by atoms with Gasteiger partial charge in [-0.15, -0.1) is 0 Å². The van der Waals surface area contributed by atoms with Gasteiger partial charge < -0.3 is 10.1 Å². The van der Waals surface area contributed by atoms with Crippen LogP contribution in [0.25, 0.3) is 0 Å². The number of pyridine rings is 1. The second-order valence-corrected chi connectivity index (χ2v) is 6.32. The maximum Gasteiger partial charge on any atom is 0.357 e. The Morgan fingerprint density at radius 3 is 2.42 bits per heavy atom. The SMILES string of the molecule is NS(=O)(=O)c1ccc(CNC(=O)COC(=O)c2ccccn2)cc1. The lowest BCUT2D eigenvalue weighted by atomic mass is 10.2. The van der Waals surface area contributed by atoms with Crippen LogP contribution in [0.4, 0.5) is 0 Å². The van der Waals surface area contributed by atoms with Gasteiger partial charge in [-0.1, -0.05) is 18.2 Å². The molecule has 0 radical (unpaired) electrons. The summed E-state index contributed by atoms with van der Waals surface area (Å²) in [6, 6.07) is 10.5. The van der Waals surface area contributed by atoms with Crippen molar-refractivity contribution in [2.45, 2.75) is 11.4 Å². The summed E-state index contributed by atoms with van der Waals surface area (Å²) in [5.74, 6) is -1.18. The third-order valence-corrected chi connectivity index (χ3v) is 3.88. The summed E-state index contributed by atoms with van der Waals surface area (Å²) in [5, 5.41) is 7.54. The van der Waals surface area contributed by atoms with Crippen LogP contribution in [0, 0.1) is 0 Å². The lowest BCUT2D eigenvalue weighted by Gasteiger charge is -2.07. The first-order valence-electron chi connectivity index (χ1n) is 6.83. The van der Waals surface area contributed by atoms with Crippen LogP contribution in [0.15, 0.2) is 53.6 Å². The maximum absolute atomic E-state index is 11.7. The number of carbonyl (C=O) groups excluding carboxylic acids is 2. The minimum absolute atomic E-state index is 0.0122. The van der Waals surface area contributed by atoms with Crippen LogP contribution in [-0.2, 0) is 26.1 Å². The van der Waals surface area contributed by atoms with Gasteiger partial charge in [0.1, 0.15) is 5.69 Å². The number of nitrogens with one attached hydrogen (secondary N) is 1. The molecular weight excluding hydrogens is 334 g/mol. The number of ether oxygens (including phenoxy) is 1. The molecule has 24 heavy (non-hydrogen) atoms. The number of aromatic nitrogens is 1. The molecule has 1 amide bonds. The Labute approximate surface area is 138 Å². The first-order chi connectivity index (χ1) is 11.4. The van der Waals surface area contributed by atoms with Crippen LogP contribution in [0.1, 0.15) is 16.1 Å². The molecule has 8 nitrogen and oxygen atoms in total. The van der Waals surface area contributed by atoms with E-state index in [4.69, 9.17) is 9.88 Å². The van der Waals surface area contributed by atoms with Gasteiger partial charge in [0.05, 0.1) is 4.90 Å². The smallest absolute Gasteiger partial charge is 0.357 e. The first kappa shape index (κ1) is 17.6. The van der Waals surface area contributed by atoms with E-state index < -0.39 is 28.5 Å². The number of hydrogen-bond donors (Lipinski definition) is 2. The highest BCUT2D eigenvalue weighted by Crippen LogP contribution is 2.08. The van der Waals surface area contributed by atoms with Crippen molar-refractivity contribution in [3.8, 4) is 0 Å². The van der Waals surface area contributed by atoms with E-state index >= 15 is 0 Å². The van der Waals surface area contributed by atoms with Gasteiger partial charge in [-0.3, -0.25) is 4.79 Å². The largest absolute Gasteiger partial charge is 0.451 e. The van der Waals surface area contributed by atoms with E-state index in [-0.39, 0.29) is 17.1 Å². The molecule has 126 valence electrons. The number of benzene rings is 1. The van der Waals surface area contributed by atoms with Crippen LogP contribution in [0.2, 0.25) is 0 Å². The van der Waals surface area contributed by atoms with E-state index in [0.717, 1.165) is 0 Å². The van der Waals surface area contributed by atoms with E-state index in [1.54, 1.807) is 12.1 Å². The Hall–Kier alpha value is -2.78. The molecule has 0 atom stereocenters. The molecule has 0 saturated carbocycles. The first-order valence-corrected chi connectivity index (χ1v) is 8.37. The topological polar surface area (TPSA) is 128 Å². The summed E-state index contributed by atoms with van der Waals surface area (Å²) in [7, 11) is -3.75. The third kappa shape index (κ3) is 5.14. The molecule has 9 heteroatoms. The fourth-order valence-electron chi connectivity index (χ4n) is 1.74. The maximum atomic E-state index is 11.7.